The van der Waals surface area contributed by atoms with E-state index in [1.807, 2.05) is 6.08 Å². The number of allylic oxidation sites excluding steroid dienone is 3. The summed E-state index contributed by atoms with van der Waals surface area (Å²) in [7, 11) is 0. The van der Waals surface area contributed by atoms with Crippen LogP contribution in [0.5, 0.6) is 0 Å². The minimum absolute atomic E-state index is 0.00428. The van der Waals surface area contributed by atoms with Crippen LogP contribution in [0.1, 0.15) is 322 Å². The van der Waals surface area contributed by atoms with Gasteiger partial charge in [-0.1, -0.05) is 276 Å². The molecule has 0 spiro atoms. The summed E-state index contributed by atoms with van der Waals surface area (Å²) in [6.07, 6.45) is 58.6. The van der Waals surface area contributed by atoms with Crippen molar-refractivity contribution in [3.63, 3.8) is 0 Å². The van der Waals surface area contributed by atoms with Crippen LogP contribution in [0.2, 0.25) is 0 Å². The summed E-state index contributed by atoms with van der Waals surface area (Å²) in [5.41, 5.74) is 0. The van der Waals surface area contributed by atoms with Crippen LogP contribution in [-0.2, 0) is 23.8 Å². The number of rotatable bonds is 58. The molecule has 1 aliphatic rings. The van der Waals surface area contributed by atoms with Crippen LogP contribution < -0.4 is 5.32 Å². The molecule has 0 bridgehead atoms. The number of ether oxygens (including phenoxy) is 3. The molecule has 1 heterocycles. The van der Waals surface area contributed by atoms with E-state index in [-0.39, 0.29) is 18.5 Å². The van der Waals surface area contributed by atoms with Crippen molar-refractivity contribution in [2.24, 2.45) is 0 Å². The number of nitrogens with one attached hydrogen (secondary N) is 1. The maximum atomic E-state index is 13.0. The predicted molar refractivity (Wildman–Crippen MR) is 320 cm³/mol. The molecule has 7 atom stereocenters. The zero-order valence-corrected chi connectivity index (χ0v) is 50.2. The van der Waals surface area contributed by atoms with Gasteiger partial charge in [-0.2, -0.15) is 0 Å². The lowest BCUT2D eigenvalue weighted by Gasteiger charge is -2.40. The van der Waals surface area contributed by atoms with E-state index in [1.54, 1.807) is 6.08 Å². The Morgan fingerprint density at radius 3 is 1.25 bits per heavy atom. The van der Waals surface area contributed by atoms with Crippen molar-refractivity contribution in [2.75, 3.05) is 19.8 Å². The van der Waals surface area contributed by atoms with Crippen molar-refractivity contribution in [3.8, 4) is 0 Å². The molecule has 0 aromatic heterocycles. The molecule has 11 heteroatoms. The second-order valence-electron chi connectivity index (χ2n) is 23.2. The highest BCUT2D eigenvalue weighted by Crippen LogP contribution is 2.23. The molecule has 1 amide bonds. The summed E-state index contributed by atoms with van der Waals surface area (Å²) in [5.74, 6) is -0.178. The van der Waals surface area contributed by atoms with E-state index < -0.39 is 49.5 Å². The molecular formula is C66H125NO10. The van der Waals surface area contributed by atoms with E-state index in [4.69, 9.17) is 14.2 Å². The number of hydrogen-bond donors (Lipinski definition) is 6. The first-order chi connectivity index (χ1) is 37.7. The topological polar surface area (TPSA) is 175 Å². The molecule has 1 aliphatic heterocycles. The minimum atomic E-state index is -1.57. The Bertz CT molecular complexity index is 1330. The van der Waals surface area contributed by atoms with Crippen LogP contribution in [0.4, 0.5) is 0 Å². The Morgan fingerprint density at radius 1 is 0.468 bits per heavy atom. The number of carbonyl (C=O) groups is 2. The van der Waals surface area contributed by atoms with Crippen LogP contribution in [0, 0.1) is 0 Å². The number of hydrogen-bond acceptors (Lipinski definition) is 10. The smallest absolute Gasteiger partial charge is 0.305 e. The van der Waals surface area contributed by atoms with Crippen molar-refractivity contribution in [3.05, 3.63) is 24.3 Å². The van der Waals surface area contributed by atoms with Gasteiger partial charge in [-0.15, -0.1) is 0 Å². The lowest BCUT2D eigenvalue weighted by atomic mass is 9.99. The monoisotopic (exact) mass is 1090 g/mol. The van der Waals surface area contributed by atoms with Gasteiger partial charge in [0.05, 0.1) is 32.0 Å². The first kappa shape index (κ1) is 73.2. The van der Waals surface area contributed by atoms with Gasteiger partial charge in [0.15, 0.2) is 6.29 Å². The summed E-state index contributed by atoms with van der Waals surface area (Å²) < 4.78 is 16.7. The summed E-state index contributed by atoms with van der Waals surface area (Å²) in [6.45, 7) is 4.36. The summed E-state index contributed by atoms with van der Waals surface area (Å²) >= 11 is 0. The van der Waals surface area contributed by atoms with E-state index >= 15 is 0 Å². The fourth-order valence-corrected chi connectivity index (χ4v) is 10.5. The second kappa shape index (κ2) is 56.0. The van der Waals surface area contributed by atoms with Gasteiger partial charge in [0.2, 0.25) is 5.91 Å². The molecule has 6 N–H and O–H groups in total. The molecule has 0 aromatic carbocycles. The van der Waals surface area contributed by atoms with Crippen LogP contribution in [0.25, 0.3) is 0 Å². The van der Waals surface area contributed by atoms with Crippen LogP contribution in [0.15, 0.2) is 24.3 Å². The van der Waals surface area contributed by atoms with Gasteiger partial charge >= 0.3 is 5.97 Å². The van der Waals surface area contributed by atoms with E-state index in [0.29, 0.717) is 19.4 Å². The van der Waals surface area contributed by atoms with Crippen molar-refractivity contribution >= 4 is 11.9 Å². The Balaban J connectivity index is 2.01. The lowest BCUT2D eigenvalue weighted by molar-refractivity contribution is -0.302. The highest BCUT2D eigenvalue weighted by molar-refractivity contribution is 5.76. The second-order valence-corrected chi connectivity index (χ2v) is 23.2. The number of amides is 1. The van der Waals surface area contributed by atoms with Crippen molar-refractivity contribution in [2.45, 2.75) is 365 Å². The molecular weight excluding hydrogens is 967 g/mol. The maximum absolute atomic E-state index is 13.0. The standard InChI is InChI=1S/C66H125NO10/c1-3-5-7-9-11-13-15-33-36-40-44-48-52-59(69)58(57-76-66-65(74)64(73)63(72)60(56-68)77-66)67-61(70)53-49-45-41-37-34-30-28-26-24-22-20-18-16-17-19-21-23-25-27-29-31-35-39-43-47-51-55-75-62(71)54-50-46-42-38-32-14-12-10-8-6-4-2/h16,18,48,52,58-60,63-66,68-69,72-74H,3-15,17,19-47,49-51,53-57H2,1-2H3,(H,67,70)/b18-16-,52-48+. The summed E-state index contributed by atoms with van der Waals surface area (Å²) in [5, 5.41) is 54.4. The zero-order chi connectivity index (χ0) is 55.9. The SMILES string of the molecule is CCCCCCCCCCCC/C=C/C(O)C(COC1OC(CO)C(O)C(O)C1O)NC(=O)CCCCCCCCCCCC/C=C\CCCCCCCCCCCCCCOC(=O)CCCCCCCCCCCCC. The number of aliphatic hydroxyl groups excluding tert-OH is 5. The summed E-state index contributed by atoms with van der Waals surface area (Å²) in [4.78, 5) is 25.1. The van der Waals surface area contributed by atoms with Gasteiger partial charge < -0.3 is 45.1 Å². The molecule has 1 fully saturated rings. The number of carbonyl (C=O) groups excluding carboxylic acids is 2. The predicted octanol–water partition coefficient (Wildman–Crippen LogP) is 16.1. The summed E-state index contributed by atoms with van der Waals surface area (Å²) in [6, 6.07) is -0.810. The largest absolute Gasteiger partial charge is 0.466 e. The van der Waals surface area contributed by atoms with E-state index in [2.05, 4.69) is 31.3 Å². The van der Waals surface area contributed by atoms with Crippen LogP contribution >= 0.6 is 0 Å². The first-order valence-corrected chi connectivity index (χ1v) is 33.1. The van der Waals surface area contributed by atoms with Gasteiger partial charge in [0.25, 0.3) is 0 Å². The van der Waals surface area contributed by atoms with E-state index in [0.717, 1.165) is 57.8 Å². The Hall–Kier alpha value is -1.86. The molecule has 0 aliphatic carbocycles. The number of esters is 1. The molecule has 1 saturated heterocycles. The van der Waals surface area contributed by atoms with Crippen molar-refractivity contribution < 1.29 is 49.3 Å². The normalized spacial score (nSPS) is 18.7. The third-order valence-electron chi connectivity index (χ3n) is 15.8. The van der Waals surface area contributed by atoms with Gasteiger partial charge in [-0.3, -0.25) is 9.59 Å². The molecule has 7 unspecified atom stereocenters. The maximum Gasteiger partial charge on any atom is 0.305 e. The molecule has 11 nitrogen and oxygen atoms in total. The molecule has 0 radical (unpaired) electrons. The lowest BCUT2D eigenvalue weighted by Crippen LogP contribution is -2.60. The Kier molecular flexibility index (Phi) is 53.2. The Morgan fingerprint density at radius 2 is 0.831 bits per heavy atom. The molecule has 454 valence electrons. The number of unbranched alkanes of at least 4 members (excludes halogenated alkanes) is 42. The fourth-order valence-electron chi connectivity index (χ4n) is 10.5. The Labute approximate surface area is 473 Å². The average Bonchev–Trinajstić information content (AvgIpc) is 3.43. The van der Waals surface area contributed by atoms with Crippen LogP contribution in [0.3, 0.4) is 0 Å². The molecule has 0 aromatic rings. The van der Waals surface area contributed by atoms with Crippen LogP contribution in [-0.4, -0.2) is 100 Å². The molecule has 77 heavy (non-hydrogen) atoms. The van der Waals surface area contributed by atoms with Gasteiger partial charge in [0, 0.05) is 12.8 Å². The zero-order valence-electron chi connectivity index (χ0n) is 50.2. The minimum Gasteiger partial charge on any atom is -0.466 e. The third-order valence-corrected chi connectivity index (χ3v) is 15.8. The molecule has 0 saturated carbocycles. The fraction of sp³-hybridized carbons (Fsp3) is 0.909. The number of aliphatic hydroxyl groups is 5. The highest BCUT2D eigenvalue weighted by Gasteiger charge is 2.44. The van der Waals surface area contributed by atoms with Gasteiger partial charge in [-0.25, -0.2) is 0 Å². The first-order valence-electron chi connectivity index (χ1n) is 33.1. The highest BCUT2D eigenvalue weighted by atomic mass is 16.7. The van der Waals surface area contributed by atoms with Gasteiger partial charge in [-0.05, 0) is 57.8 Å². The molecule has 1 rings (SSSR count). The van der Waals surface area contributed by atoms with E-state index in [9.17, 15) is 35.1 Å². The quantitative estimate of drug-likeness (QED) is 0.0195. The van der Waals surface area contributed by atoms with Gasteiger partial charge in [0.1, 0.15) is 24.4 Å². The van der Waals surface area contributed by atoms with Crippen molar-refractivity contribution in [1.29, 1.82) is 0 Å². The van der Waals surface area contributed by atoms with E-state index in [1.165, 1.54) is 238 Å². The third kappa shape index (κ3) is 45.4. The average molecular weight is 1090 g/mol. The van der Waals surface area contributed by atoms with Crippen molar-refractivity contribution in [1.82, 2.24) is 5.32 Å².